The Bertz CT molecular complexity index is 1540. The molecule has 1 aliphatic heterocycles. The molecule has 1 aliphatic rings. The Labute approximate surface area is 253 Å². The van der Waals surface area contributed by atoms with Crippen molar-refractivity contribution in [3.63, 3.8) is 0 Å². The molecule has 0 aromatic carbocycles. The highest BCUT2D eigenvalue weighted by molar-refractivity contribution is 7.99. The number of nitrogens with zero attached hydrogens (tertiary/aromatic N) is 6. The maximum absolute atomic E-state index is 11.7. The maximum Gasteiger partial charge on any atom is 0.276 e. The summed E-state index contributed by atoms with van der Waals surface area (Å²) in [6.45, 7) is 4.58. The lowest BCUT2D eigenvalue weighted by molar-refractivity contribution is 0.241. The zero-order valence-electron chi connectivity index (χ0n) is 21.6. The number of rotatable bonds is 8. The third kappa shape index (κ3) is 7.57. The second kappa shape index (κ2) is 13.4. The van der Waals surface area contributed by atoms with Crippen molar-refractivity contribution >= 4 is 69.3 Å². The molecule has 0 aliphatic carbocycles. The number of hydrogen-bond donors (Lipinski definition) is 2. The predicted molar refractivity (Wildman–Crippen MR) is 161 cm³/mol. The van der Waals surface area contributed by atoms with E-state index in [2.05, 4.69) is 24.6 Å². The molecular weight excluding hydrogens is 615 g/mol. The minimum absolute atomic E-state index is 0. The summed E-state index contributed by atoms with van der Waals surface area (Å²) in [7, 11) is -3.70. The second-order valence-electron chi connectivity index (χ2n) is 9.03. The van der Waals surface area contributed by atoms with E-state index in [4.69, 9.17) is 14.9 Å². The Morgan fingerprint density at radius 3 is 2.50 bits per heavy atom. The van der Waals surface area contributed by atoms with Gasteiger partial charge in [0.1, 0.15) is 10.8 Å². The monoisotopic (exact) mass is 642 g/mol. The summed E-state index contributed by atoms with van der Waals surface area (Å²) in [6.07, 6.45) is 6.35. The third-order valence-electron chi connectivity index (χ3n) is 6.24. The van der Waals surface area contributed by atoms with Crippen LogP contribution in [0.15, 0.2) is 64.9 Å². The van der Waals surface area contributed by atoms with E-state index in [0.29, 0.717) is 54.2 Å². The SMILES string of the molecule is Cc1ncccc1Oc1cc(Sc2ccccn2)cnc1Nc1nc(C2(C)CCN(S(N)(=O)=O)CC2)ns1.Cl.Cl. The zero-order chi connectivity index (χ0) is 26.8. The van der Waals surface area contributed by atoms with Crippen molar-refractivity contribution in [1.82, 2.24) is 28.6 Å². The highest BCUT2D eigenvalue weighted by atomic mass is 35.5. The van der Waals surface area contributed by atoms with Crippen LogP contribution in [0.25, 0.3) is 0 Å². The first-order chi connectivity index (χ1) is 18.2. The molecule has 0 radical (unpaired) electrons. The molecule has 0 amide bonds. The molecule has 16 heteroatoms. The number of nitrogens with one attached hydrogen (secondary N) is 1. The number of piperidine rings is 1. The van der Waals surface area contributed by atoms with Crippen molar-refractivity contribution in [2.24, 2.45) is 5.14 Å². The van der Waals surface area contributed by atoms with Crippen LogP contribution in [0.1, 0.15) is 31.3 Å². The van der Waals surface area contributed by atoms with Crippen molar-refractivity contribution in [3.05, 3.63) is 66.5 Å². The van der Waals surface area contributed by atoms with E-state index in [0.717, 1.165) is 15.6 Å². The van der Waals surface area contributed by atoms with Gasteiger partial charge in [0, 0.05) is 59.6 Å². The largest absolute Gasteiger partial charge is 0.452 e. The maximum atomic E-state index is 11.7. The van der Waals surface area contributed by atoms with Gasteiger partial charge in [-0.05, 0) is 44.0 Å². The highest BCUT2D eigenvalue weighted by Crippen LogP contribution is 2.38. The fourth-order valence-electron chi connectivity index (χ4n) is 3.96. The molecule has 0 atom stereocenters. The van der Waals surface area contributed by atoms with Gasteiger partial charge in [-0.2, -0.15) is 17.1 Å². The van der Waals surface area contributed by atoms with Crippen molar-refractivity contribution in [2.45, 2.75) is 42.0 Å². The van der Waals surface area contributed by atoms with Crippen molar-refractivity contribution in [1.29, 1.82) is 0 Å². The number of hydrogen-bond acceptors (Lipinski definition) is 11. The van der Waals surface area contributed by atoms with Crippen molar-refractivity contribution in [2.75, 3.05) is 18.4 Å². The Hall–Kier alpha value is -2.59. The summed E-state index contributed by atoms with van der Waals surface area (Å²) >= 11 is 2.69. The normalized spacial score (nSPS) is 15.0. The van der Waals surface area contributed by atoms with E-state index < -0.39 is 10.2 Å². The van der Waals surface area contributed by atoms with Crippen molar-refractivity contribution < 1.29 is 13.2 Å². The van der Waals surface area contributed by atoms with Crippen LogP contribution in [0.5, 0.6) is 11.5 Å². The van der Waals surface area contributed by atoms with Crippen LogP contribution in [-0.4, -0.2) is 50.1 Å². The zero-order valence-corrected chi connectivity index (χ0v) is 25.6. The molecule has 1 fully saturated rings. The van der Waals surface area contributed by atoms with Crippen LogP contribution in [0.3, 0.4) is 0 Å². The van der Waals surface area contributed by atoms with Crippen LogP contribution >= 0.6 is 48.1 Å². The fraction of sp³-hybridized carbons (Fsp3) is 0.292. The summed E-state index contributed by atoms with van der Waals surface area (Å²) in [6, 6.07) is 11.3. The Morgan fingerprint density at radius 2 is 1.82 bits per heavy atom. The predicted octanol–water partition coefficient (Wildman–Crippen LogP) is 5.12. The lowest BCUT2D eigenvalue weighted by Crippen LogP contribution is -2.46. The summed E-state index contributed by atoms with van der Waals surface area (Å²) < 4.78 is 35.5. The van der Waals surface area contributed by atoms with Crippen LogP contribution in [-0.2, 0) is 15.6 Å². The number of pyridine rings is 3. The summed E-state index contributed by atoms with van der Waals surface area (Å²) in [5.41, 5.74) is 0.388. The number of halogens is 2. The van der Waals surface area contributed by atoms with Crippen LogP contribution < -0.4 is 15.2 Å². The molecule has 214 valence electrons. The molecule has 11 nitrogen and oxygen atoms in total. The first kappa shape index (κ1) is 31.9. The van der Waals surface area contributed by atoms with E-state index in [1.165, 1.54) is 27.6 Å². The van der Waals surface area contributed by atoms with E-state index in [9.17, 15) is 8.42 Å². The standard InChI is InChI=1S/C24H26N8O3S3.2ClH/c1-16-18(6-5-11-26-16)35-19-14-17(36-20-7-3-4-10-27-20)15-28-21(19)29-23-30-22(31-37-23)24(2)8-12-32(13-9-24)38(25,33)34;;/h3-7,10-11,14-15H,8-9,12-13H2,1-2H3,(H2,25,33,34)(H,28,29,30,31);2*1H. The summed E-state index contributed by atoms with van der Waals surface area (Å²) in [5, 5.41) is 9.94. The van der Waals surface area contributed by atoms with Gasteiger partial charge in [0.05, 0.1) is 5.69 Å². The van der Waals surface area contributed by atoms with Gasteiger partial charge in [0.2, 0.25) is 5.13 Å². The molecule has 40 heavy (non-hydrogen) atoms. The van der Waals surface area contributed by atoms with Gasteiger partial charge in [0.25, 0.3) is 10.2 Å². The first-order valence-corrected chi connectivity index (χ1v) is 14.9. The van der Waals surface area contributed by atoms with E-state index in [1.807, 2.05) is 50.2 Å². The van der Waals surface area contributed by atoms with Gasteiger partial charge >= 0.3 is 0 Å². The van der Waals surface area contributed by atoms with Crippen LogP contribution in [0.4, 0.5) is 10.9 Å². The molecule has 0 saturated carbocycles. The number of aryl methyl sites for hydroxylation is 1. The van der Waals surface area contributed by atoms with Crippen LogP contribution in [0, 0.1) is 6.92 Å². The number of ether oxygens (including phenoxy) is 1. The average molecular weight is 644 g/mol. The highest BCUT2D eigenvalue weighted by Gasteiger charge is 2.38. The molecule has 5 rings (SSSR count). The van der Waals surface area contributed by atoms with Gasteiger partial charge in [-0.15, -0.1) is 24.8 Å². The minimum Gasteiger partial charge on any atom is -0.452 e. The first-order valence-electron chi connectivity index (χ1n) is 11.8. The van der Waals surface area contributed by atoms with Gasteiger partial charge in [0.15, 0.2) is 17.4 Å². The molecule has 1 saturated heterocycles. The smallest absolute Gasteiger partial charge is 0.276 e. The molecule has 4 aromatic heterocycles. The Balaban J connectivity index is 0.00000220. The summed E-state index contributed by atoms with van der Waals surface area (Å²) in [5.74, 6) is 2.26. The molecular formula is C24H28Cl2N8O3S3. The van der Waals surface area contributed by atoms with E-state index in [-0.39, 0.29) is 30.2 Å². The number of aromatic nitrogens is 5. The average Bonchev–Trinajstić information content (AvgIpc) is 3.37. The van der Waals surface area contributed by atoms with Crippen molar-refractivity contribution in [3.8, 4) is 11.5 Å². The molecule has 0 spiro atoms. The topological polar surface area (TPSA) is 149 Å². The Morgan fingerprint density at radius 1 is 1.07 bits per heavy atom. The van der Waals surface area contributed by atoms with Gasteiger partial charge in [-0.1, -0.05) is 24.8 Å². The van der Waals surface area contributed by atoms with Gasteiger partial charge in [-0.3, -0.25) is 4.98 Å². The molecule has 3 N–H and O–H groups in total. The lowest BCUT2D eigenvalue weighted by Gasteiger charge is -2.35. The molecule has 0 unspecified atom stereocenters. The quantitative estimate of drug-likeness (QED) is 0.265. The fourth-order valence-corrected chi connectivity index (χ4v) is 6.12. The molecule has 4 aromatic rings. The molecule has 0 bridgehead atoms. The lowest BCUT2D eigenvalue weighted by atomic mass is 9.80. The second-order valence-corrected chi connectivity index (χ2v) is 12.4. The Kier molecular flexibility index (Phi) is 10.7. The van der Waals surface area contributed by atoms with E-state index >= 15 is 0 Å². The third-order valence-corrected chi connectivity index (χ3v) is 8.87. The number of nitrogens with two attached hydrogens (primary N) is 1. The number of anilines is 2. The van der Waals surface area contributed by atoms with Gasteiger partial charge in [-0.25, -0.2) is 20.1 Å². The molecule has 5 heterocycles. The van der Waals surface area contributed by atoms with Crippen LogP contribution in [0.2, 0.25) is 0 Å². The minimum atomic E-state index is -3.70. The van der Waals surface area contributed by atoms with Gasteiger partial charge < -0.3 is 10.1 Å². The van der Waals surface area contributed by atoms with E-state index in [1.54, 1.807) is 18.6 Å². The summed E-state index contributed by atoms with van der Waals surface area (Å²) in [4.78, 5) is 18.9.